The molecule has 2 N–H and O–H groups in total. The third-order valence-electron chi connectivity index (χ3n) is 2.71. The lowest BCUT2D eigenvalue weighted by molar-refractivity contribution is 0.774. The molecule has 0 atom stereocenters. The van der Waals surface area contributed by atoms with Gasteiger partial charge in [-0.1, -0.05) is 30.3 Å². The molecule has 0 aliphatic heterocycles. The summed E-state index contributed by atoms with van der Waals surface area (Å²) in [6.45, 7) is 0.725. The Morgan fingerprint density at radius 1 is 1.25 bits per heavy atom. The Kier molecular flexibility index (Phi) is 3.37. The van der Waals surface area contributed by atoms with Gasteiger partial charge in [-0.05, 0) is 24.9 Å². The van der Waals surface area contributed by atoms with E-state index in [0.29, 0.717) is 0 Å². The summed E-state index contributed by atoms with van der Waals surface area (Å²) in [6.07, 6.45) is 3.94. The summed E-state index contributed by atoms with van der Waals surface area (Å²) in [5, 5.41) is 4.32. The van der Waals surface area contributed by atoms with Crippen molar-refractivity contribution in [3.63, 3.8) is 0 Å². The van der Waals surface area contributed by atoms with Crippen molar-refractivity contribution in [2.24, 2.45) is 12.8 Å². The molecular weight excluding hydrogens is 198 g/mol. The summed E-state index contributed by atoms with van der Waals surface area (Å²) in [5.41, 5.74) is 9.24. The van der Waals surface area contributed by atoms with Gasteiger partial charge in [-0.25, -0.2) is 0 Å². The summed E-state index contributed by atoms with van der Waals surface area (Å²) in [7, 11) is 1.98. The third-order valence-corrected chi connectivity index (χ3v) is 2.71. The van der Waals surface area contributed by atoms with E-state index in [1.54, 1.807) is 0 Å². The molecule has 84 valence electrons. The van der Waals surface area contributed by atoms with E-state index in [-0.39, 0.29) is 0 Å². The number of hydrogen-bond donors (Lipinski definition) is 1. The Labute approximate surface area is 95.9 Å². The van der Waals surface area contributed by atoms with Gasteiger partial charge in [-0.15, -0.1) is 0 Å². The van der Waals surface area contributed by atoms with E-state index in [9.17, 15) is 0 Å². The molecule has 0 aliphatic carbocycles. The maximum absolute atomic E-state index is 5.54. The van der Waals surface area contributed by atoms with Gasteiger partial charge in [0.15, 0.2) is 0 Å². The van der Waals surface area contributed by atoms with Gasteiger partial charge in [0.1, 0.15) is 0 Å². The Balaban J connectivity index is 2.35. The lowest BCUT2D eigenvalue weighted by atomic mass is 10.0. The number of aromatic nitrogens is 2. The lowest BCUT2D eigenvalue weighted by Gasteiger charge is -2.05. The van der Waals surface area contributed by atoms with Crippen LogP contribution in [0, 0.1) is 0 Å². The van der Waals surface area contributed by atoms with Crippen LogP contribution in [0.3, 0.4) is 0 Å². The number of hydrogen-bond acceptors (Lipinski definition) is 2. The van der Waals surface area contributed by atoms with Crippen LogP contribution in [0.15, 0.2) is 36.5 Å². The van der Waals surface area contributed by atoms with E-state index in [0.717, 1.165) is 19.4 Å². The number of aryl methyl sites for hydroxylation is 2. The number of benzene rings is 1. The summed E-state index contributed by atoms with van der Waals surface area (Å²) in [5.74, 6) is 0. The predicted octanol–water partition coefficient (Wildman–Crippen LogP) is 1.98. The molecule has 0 bridgehead atoms. The molecule has 2 rings (SSSR count). The highest BCUT2D eigenvalue weighted by Gasteiger charge is 2.09. The van der Waals surface area contributed by atoms with Gasteiger partial charge in [0.05, 0.1) is 11.9 Å². The molecule has 1 aromatic heterocycles. The van der Waals surface area contributed by atoms with Crippen LogP contribution in [-0.2, 0) is 13.5 Å². The van der Waals surface area contributed by atoms with Gasteiger partial charge in [-0.3, -0.25) is 4.68 Å². The molecule has 0 spiro atoms. The van der Waals surface area contributed by atoms with E-state index < -0.39 is 0 Å². The van der Waals surface area contributed by atoms with Gasteiger partial charge < -0.3 is 5.73 Å². The van der Waals surface area contributed by atoms with Crippen molar-refractivity contribution in [3.05, 3.63) is 42.1 Å². The summed E-state index contributed by atoms with van der Waals surface area (Å²) in [6, 6.07) is 10.4. The van der Waals surface area contributed by atoms with E-state index in [1.165, 1.54) is 16.8 Å². The van der Waals surface area contributed by atoms with Gasteiger partial charge in [0.2, 0.25) is 0 Å². The van der Waals surface area contributed by atoms with Gasteiger partial charge in [-0.2, -0.15) is 5.10 Å². The fraction of sp³-hybridized carbons (Fsp3) is 0.308. The standard InChI is InChI=1S/C13H17N3/c1-16-13(11-6-3-2-4-7-11)12(10-15-16)8-5-9-14/h2-4,6-7,10H,5,8-9,14H2,1H3. The topological polar surface area (TPSA) is 43.8 Å². The number of rotatable bonds is 4. The average Bonchev–Trinajstić information content (AvgIpc) is 2.69. The minimum absolute atomic E-state index is 0.725. The zero-order chi connectivity index (χ0) is 11.4. The summed E-state index contributed by atoms with van der Waals surface area (Å²) < 4.78 is 1.93. The maximum atomic E-state index is 5.54. The van der Waals surface area contributed by atoms with E-state index >= 15 is 0 Å². The second kappa shape index (κ2) is 4.94. The van der Waals surface area contributed by atoms with Gasteiger partial charge >= 0.3 is 0 Å². The Morgan fingerprint density at radius 2 is 2.00 bits per heavy atom. The normalized spacial score (nSPS) is 10.6. The van der Waals surface area contributed by atoms with Crippen molar-refractivity contribution in [3.8, 4) is 11.3 Å². The number of nitrogens with zero attached hydrogens (tertiary/aromatic N) is 2. The van der Waals surface area contributed by atoms with Gasteiger partial charge in [0.25, 0.3) is 0 Å². The van der Waals surface area contributed by atoms with Crippen LogP contribution in [0.2, 0.25) is 0 Å². The smallest absolute Gasteiger partial charge is 0.0710 e. The van der Waals surface area contributed by atoms with Crippen LogP contribution in [0.25, 0.3) is 11.3 Å². The Bertz CT molecular complexity index is 445. The van der Waals surface area contributed by atoms with Crippen LogP contribution in [0.5, 0.6) is 0 Å². The van der Waals surface area contributed by atoms with E-state index in [4.69, 9.17) is 5.73 Å². The largest absolute Gasteiger partial charge is 0.330 e. The van der Waals surface area contributed by atoms with Crippen LogP contribution in [0.4, 0.5) is 0 Å². The SMILES string of the molecule is Cn1ncc(CCCN)c1-c1ccccc1. The molecule has 1 heterocycles. The van der Waals surface area contributed by atoms with Crippen LogP contribution < -0.4 is 5.73 Å². The lowest BCUT2D eigenvalue weighted by Crippen LogP contribution is -2.01. The molecule has 0 saturated carbocycles. The Hall–Kier alpha value is -1.61. The summed E-state index contributed by atoms with van der Waals surface area (Å²) >= 11 is 0. The van der Waals surface area contributed by atoms with Crippen LogP contribution >= 0.6 is 0 Å². The van der Waals surface area contributed by atoms with E-state index in [1.807, 2.05) is 24.0 Å². The van der Waals surface area contributed by atoms with Crippen molar-refractivity contribution in [1.82, 2.24) is 9.78 Å². The molecule has 3 nitrogen and oxygen atoms in total. The molecule has 0 radical (unpaired) electrons. The molecule has 3 heteroatoms. The molecule has 0 saturated heterocycles. The zero-order valence-corrected chi connectivity index (χ0v) is 9.56. The summed E-state index contributed by atoms with van der Waals surface area (Å²) in [4.78, 5) is 0. The molecule has 16 heavy (non-hydrogen) atoms. The van der Waals surface area contributed by atoms with Crippen molar-refractivity contribution in [2.75, 3.05) is 6.54 Å². The van der Waals surface area contributed by atoms with Crippen molar-refractivity contribution in [1.29, 1.82) is 0 Å². The van der Waals surface area contributed by atoms with Crippen molar-refractivity contribution < 1.29 is 0 Å². The number of nitrogens with two attached hydrogens (primary N) is 1. The molecule has 0 fully saturated rings. The molecule has 0 aliphatic rings. The van der Waals surface area contributed by atoms with Crippen LogP contribution in [0.1, 0.15) is 12.0 Å². The van der Waals surface area contributed by atoms with Crippen molar-refractivity contribution >= 4 is 0 Å². The highest BCUT2D eigenvalue weighted by molar-refractivity contribution is 5.63. The van der Waals surface area contributed by atoms with E-state index in [2.05, 4.69) is 29.4 Å². The first-order valence-corrected chi connectivity index (χ1v) is 5.59. The van der Waals surface area contributed by atoms with Gasteiger partial charge in [0, 0.05) is 12.6 Å². The molecule has 0 amide bonds. The molecule has 1 aromatic carbocycles. The minimum Gasteiger partial charge on any atom is -0.330 e. The first-order valence-electron chi connectivity index (χ1n) is 5.59. The first-order chi connectivity index (χ1) is 7.83. The average molecular weight is 215 g/mol. The zero-order valence-electron chi connectivity index (χ0n) is 9.56. The molecule has 0 unspecified atom stereocenters. The van der Waals surface area contributed by atoms with Crippen LogP contribution in [-0.4, -0.2) is 16.3 Å². The monoisotopic (exact) mass is 215 g/mol. The Morgan fingerprint density at radius 3 is 2.69 bits per heavy atom. The highest BCUT2D eigenvalue weighted by atomic mass is 15.3. The second-order valence-electron chi connectivity index (χ2n) is 3.90. The fourth-order valence-electron chi connectivity index (χ4n) is 1.93. The van der Waals surface area contributed by atoms with Crippen molar-refractivity contribution in [2.45, 2.75) is 12.8 Å². The maximum Gasteiger partial charge on any atom is 0.0710 e. The second-order valence-corrected chi connectivity index (χ2v) is 3.90. The quantitative estimate of drug-likeness (QED) is 0.847. The third kappa shape index (κ3) is 2.14. The fourth-order valence-corrected chi connectivity index (χ4v) is 1.93. The first kappa shape index (κ1) is 10.9. The molecular formula is C13H17N3. The highest BCUT2D eigenvalue weighted by Crippen LogP contribution is 2.23. The predicted molar refractivity (Wildman–Crippen MR) is 66.0 cm³/mol. The minimum atomic E-state index is 0.725. The molecule has 2 aromatic rings.